The molecular formula is C19H24Cl2N4S. The van der Waals surface area contributed by atoms with Crippen LogP contribution in [0.4, 0.5) is 5.69 Å². The van der Waals surface area contributed by atoms with Gasteiger partial charge in [0.1, 0.15) is 0 Å². The van der Waals surface area contributed by atoms with Gasteiger partial charge in [-0.25, -0.2) is 4.99 Å². The standard InChI is InChI=1S/C19H24Cl2N4S/c1-13(23-14-7-5-3-2-4-6-8-14)12-22-18-25-19(26-18)24-15-9-10-16(20)17(21)11-15/h9-12,14,23H,2-8H2,1H3,(H,22,24,25). The number of nitrogens with zero attached hydrogens (tertiary/aromatic N) is 2. The summed E-state index contributed by atoms with van der Waals surface area (Å²) in [6.07, 6.45) is 11.2. The number of hydrogen-bond donors (Lipinski definition) is 2. The molecule has 0 saturated heterocycles. The summed E-state index contributed by atoms with van der Waals surface area (Å²) in [6, 6.07) is 6.00. The molecule has 2 aliphatic rings. The van der Waals surface area contributed by atoms with Gasteiger partial charge in [0.15, 0.2) is 10.3 Å². The average molecular weight is 411 g/mol. The topological polar surface area (TPSA) is 48.8 Å². The molecule has 0 atom stereocenters. The minimum atomic E-state index is 0.523. The molecule has 1 aromatic rings. The maximum atomic E-state index is 6.01. The van der Waals surface area contributed by atoms with Crippen molar-refractivity contribution in [2.45, 2.75) is 57.9 Å². The van der Waals surface area contributed by atoms with Gasteiger partial charge < -0.3 is 10.6 Å². The zero-order valence-electron chi connectivity index (χ0n) is 14.9. The second kappa shape index (κ2) is 9.67. The quantitative estimate of drug-likeness (QED) is 0.600. The molecule has 1 aliphatic heterocycles. The number of aliphatic imine (C=N–C) groups is 2. The molecule has 0 bridgehead atoms. The Kier molecular flexibility index (Phi) is 7.29. The van der Waals surface area contributed by atoms with Crippen molar-refractivity contribution in [1.29, 1.82) is 0 Å². The molecule has 1 saturated carbocycles. The van der Waals surface area contributed by atoms with Gasteiger partial charge in [-0.3, -0.25) is 0 Å². The van der Waals surface area contributed by atoms with E-state index in [0.29, 0.717) is 16.1 Å². The van der Waals surface area contributed by atoms with E-state index in [-0.39, 0.29) is 0 Å². The first kappa shape index (κ1) is 19.6. The summed E-state index contributed by atoms with van der Waals surface area (Å²) in [5, 5.41) is 9.43. The van der Waals surface area contributed by atoms with Gasteiger partial charge in [-0.05, 0) is 49.7 Å². The minimum absolute atomic E-state index is 0.523. The highest BCUT2D eigenvalue weighted by Gasteiger charge is 2.17. The summed E-state index contributed by atoms with van der Waals surface area (Å²) in [7, 11) is 0. The molecule has 1 heterocycles. The Labute approximate surface area is 169 Å². The zero-order valence-corrected chi connectivity index (χ0v) is 17.2. The van der Waals surface area contributed by atoms with Gasteiger partial charge in [0, 0.05) is 23.6 Å². The predicted octanol–water partition coefficient (Wildman–Crippen LogP) is 6.43. The van der Waals surface area contributed by atoms with Crippen LogP contribution in [0.5, 0.6) is 0 Å². The molecule has 0 radical (unpaired) electrons. The highest BCUT2D eigenvalue weighted by molar-refractivity contribution is 8.29. The number of rotatable bonds is 4. The van der Waals surface area contributed by atoms with E-state index in [4.69, 9.17) is 23.2 Å². The number of hydrogen-bond acceptors (Lipinski definition) is 4. The third kappa shape index (κ3) is 5.93. The number of anilines is 1. The molecule has 1 fully saturated rings. The lowest BCUT2D eigenvalue weighted by molar-refractivity contribution is 0.412. The molecule has 0 aromatic heterocycles. The number of thioether (sulfide) groups is 1. The lowest BCUT2D eigenvalue weighted by Crippen LogP contribution is -2.28. The first-order chi connectivity index (χ1) is 12.6. The minimum Gasteiger partial charge on any atom is -0.385 e. The van der Waals surface area contributed by atoms with Crippen molar-refractivity contribution in [2.75, 3.05) is 5.32 Å². The zero-order chi connectivity index (χ0) is 18.4. The molecule has 0 amide bonds. The van der Waals surface area contributed by atoms with Crippen molar-refractivity contribution in [1.82, 2.24) is 5.32 Å². The van der Waals surface area contributed by atoms with Gasteiger partial charge in [0.2, 0.25) is 0 Å². The Bertz CT molecular complexity index is 722. The summed E-state index contributed by atoms with van der Waals surface area (Å²) in [4.78, 5) is 8.83. The molecule has 7 heteroatoms. The molecule has 1 aromatic carbocycles. The summed E-state index contributed by atoms with van der Waals surface area (Å²) in [5.41, 5.74) is 1.96. The molecule has 0 unspecified atom stereocenters. The van der Waals surface area contributed by atoms with E-state index in [2.05, 4.69) is 27.5 Å². The lowest BCUT2D eigenvalue weighted by Gasteiger charge is -2.22. The number of nitrogens with one attached hydrogen (secondary N) is 2. The number of halogens is 2. The van der Waals surface area contributed by atoms with E-state index in [1.807, 2.05) is 12.3 Å². The molecule has 3 rings (SSSR count). The first-order valence-corrected chi connectivity index (χ1v) is 10.7. The van der Waals surface area contributed by atoms with Crippen LogP contribution in [0.15, 0.2) is 40.1 Å². The van der Waals surface area contributed by atoms with Gasteiger partial charge in [-0.1, -0.05) is 55.3 Å². The van der Waals surface area contributed by atoms with Crippen molar-refractivity contribution in [2.24, 2.45) is 9.98 Å². The van der Waals surface area contributed by atoms with Crippen LogP contribution in [0.25, 0.3) is 0 Å². The van der Waals surface area contributed by atoms with Gasteiger partial charge in [0.05, 0.1) is 10.0 Å². The van der Waals surface area contributed by atoms with Gasteiger partial charge in [0.25, 0.3) is 0 Å². The highest BCUT2D eigenvalue weighted by atomic mass is 35.5. The Hall–Kier alpha value is -1.17. The van der Waals surface area contributed by atoms with E-state index >= 15 is 0 Å². The van der Waals surface area contributed by atoms with Gasteiger partial charge in [-0.15, -0.1) is 0 Å². The summed E-state index contributed by atoms with van der Waals surface area (Å²) in [6.45, 7) is 2.07. The highest BCUT2D eigenvalue weighted by Crippen LogP contribution is 2.28. The third-order valence-electron chi connectivity index (χ3n) is 4.46. The summed E-state index contributed by atoms with van der Waals surface area (Å²) >= 11 is 13.4. The van der Waals surface area contributed by atoms with Crippen molar-refractivity contribution >= 4 is 51.0 Å². The third-order valence-corrected chi connectivity index (χ3v) is 5.97. The van der Waals surface area contributed by atoms with Crippen LogP contribution in [0.3, 0.4) is 0 Å². The van der Waals surface area contributed by atoms with Crippen LogP contribution in [0, 0.1) is 0 Å². The largest absolute Gasteiger partial charge is 0.385 e. The van der Waals surface area contributed by atoms with Crippen molar-refractivity contribution in [3.05, 3.63) is 40.1 Å². The van der Waals surface area contributed by atoms with Gasteiger partial charge >= 0.3 is 0 Å². The Balaban J connectivity index is 1.49. The van der Waals surface area contributed by atoms with Crippen LogP contribution in [-0.4, -0.2) is 16.4 Å². The Morgan fingerprint density at radius 2 is 1.85 bits per heavy atom. The SMILES string of the molecule is CC(=CN=C1N=C(Nc2ccc(Cl)c(Cl)c2)S1)NC1CCCCCCC1. The van der Waals surface area contributed by atoms with E-state index in [1.54, 1.807) is 12.1 Å². The normalized spacial score (nSPS) is 20.8. The van der Waals surface area contributed by atoms with E-state index in [1.165, 1.54) is 56.7 Å². The van der Waals surface area contributed by atoms with Gasteiger partial charge in [-0.2, -0.15) is 4.99 Å². The molecule has 140 valence electrons. The van der Waals surface area contributed by atoms with Crippen LogP contribution >= 0.6 is 35.0 Å². The fourth-order valence-corrected chi connectivity index (χ4v) is 3.98. The maximum Gasteiger partial charge on any atom is 0.197 e. The number of benzene rings is 1. The molecule has 0 spiro atoms. The van der Waals surface area contributed by atoms with Crippen molar-refractivity contribution in [3.8, 4) is 0 Å². The van der Waals surface area contributed by atoms with Crippen LogP contribution < -0.4 is 10.6 Å². The monoisotopic (exact) mass is 410 g/mol. The van der Waals surface area contributed by atoms with Crippen LogP contribution in [0.2, 0.25) is 10.0 Å². The van der Waals surface area contributed by atoms with E-state index in [9.17, 15) is 0 Å². The second-order valence-electron chi connectivity index (χ2n) is 6.68. The maximum absolute atomic E-state index is 6.01. The molecule has 26 heavy (non-hydrogen) atoms. The lowest BCUT2D eigenvalue weighted by atomic mass is 9.96. The fraction of sp³-hybridized carbons (Fsp3) is 0.474. The summed E-state index contributed by atoms with van der Waals surface area (Å²) < 4.78 is 0. The molecule has 4 nitrogen and oxygen atoms in total. The molecule has 2 N–H and O–H groups in total. The second-order valence-corrected chi connectivity index (χ2v) is 8.45. The van der Waals surface area contributed by atoms with Crippen LogP contribution in [-0.2, 0) is 0 Å². The molecule has 1 aliphatic carbocycles. The fourth-order valence-electron chi connectivity index (χ4n) is 3.10. The summed E-state index contributed by atoms with van der Waals surface area (Å²) in [5.74, 6) is 0. The predicted molar refractivity (Wildman–Crippen MR) is 116 cm³/mol. The van der Waals surface area contributed by atoms with Crippen molar-refractivity contribution < 1.29 is 0 Å². The number of amidine groups is 2. The molecular weight excluding hydrogens is 387 g/mol. The Morgan fingerprint density at radius 3 is 2.54 bits per heavy atom. The first-order valence-electron chi connectivity index (χ1n) is 9.10. The smallest absolute Gasteiger partial charge is 0.197 e. The van der Waals surface area contributed by atoms with Crippen molar-refractivity contribution in [3.63, 3.8) is 0 Å². The van der Waals surface area contributed by atoms with E-state index < -0.39 is 0 Å². The Morgan fingerprint density at radius 1 is 1.15 bits per heavy atom. The van der Waals surface area contributed by atoms with Crippen LogP contribution in [0.1, 0.15) is 51.9 Å². The van der Waals surface area contributed by atoms with E-state index in [0.717, 1.165) is 21.7 Å². The average Bonchev–Trinajstić information content (AvgIpc) is 2.55. The number of allylic oxidation sites excluding steroid dienone is 1.